The predicted octanol–water partition coefficient (Wildman–Crippen LogP) is 1.70. The molecular formula is C16H19NO4. The summed E-state index contributed by atoms with van der Waals surface area (Å²) in [7, 11) is 0. The normalized spacial score (nSPS) is 17.4. The van der Waals surface area contributed by atoms with E-state index in [0.29, 0.717) is 25.6 Å². The molecule has 0 atom stereocenters. The van der Waals surface area contributed by atoms with Gasteiger partial charge in [0, 0.05) is 13.1 Å². The number of carbonyl (C=O) groups excluding carboxylic acids is 1. The van der Waals surface area contributed by atoms with Crippen LogP contribution >= 0.6 is 0 Å². The van der Waals surface area contributed by atoms with E-state index in [4.69, 9.17) is 9.84 Å². The molecule has 1 heterocycles. The highest BCUT2D eigenvalue weighted by molar-refractivity contribution is 5.88. The number of nitrogens with zero attached hydrogens (tertiary/aromatic N) is 1. The molecule has 1 fully saturated rings. The van der Waals surface area contributed by atoms with Crippen molar-refractivity contribution in [2.45, 2.75) is 25.8 Å². The van der Waals surface area contributed by atoms with Crippen LogP contribution in [0.2, 0.25) is 0 Å². The van der Waals surface area contributed by atoms with E-state index in [1.54, 1.807) is 17.0 Å². The Hall–Kier alpha value is -1.88. The van der Waals surface area contributed by atoms with Crippen molar-refractivity contribution < 1.29 is 19.4 Å². The van der Waals surface area contributed by atoms with Gasteiger partial charge in [0.05, 0.1) is 12.2 Å². The molecule has 5 heteroatoms. The van der Waals surface area contributed by atoms with Crippen LogP contribution in [0.3, 0.4) is 0 Å². The number of carboxylic acid groups (broad SMARTS) is 1. The van der Waals surface area contributed by atoms with Crippen LogP contribution in [0.15, 0.2) is 18.2 Å². The molecule has 0 radical (unpaired) electrons. The summed E-state index contributed by atoms with van der Waals surface area (Å²) in [5.41, 5.74) is 2.33. The number of hydrogen-bond acceptors (Lipinski definition) is 3. The molecule has 1 N–H and O–H groups in total. The quantitative estimate of drug-likeness (QED) is 0.896. The third-order valence-corrected chi connectivity index (χ3v) is 4.09. The Morgan fingerprint density at radius 3 is 2.81 bits per heavy atom. The third-order valence-electron chi connectivity index (χ3n) is 4.09. The lowest BCUT2D eigenvalue weighted by Crippen LogP contribution is -2.38. The lowest BCUT2D eigenvalue weighted by atomic mass is 9.97. The zero-order valence-electron chi connectivity index (χ0n) is 11.9. The number of carboxylic acids is 1. The van der Waals surface area contributed by atoms with Crippen LogP contribution < -0.4 is 0 Å². The molecule has 1 aliphatic heterocycles. The molecule has 0 aromatic heterocycles. The fourth-order valence-corrected chi connectivity index (χ4v) is 2.59. The van der Waals surface area contributed by atoms with Gasteiger partial charge in [-0.25, -0.2) is 4.79 Å². The Bertz CT molecular complexity index is 565. The van der Waals surface area contributed by atoms with Crippen molar-refractivity contribution in [1.29, 1.82) is 0 Å². The Morgan fingerprint density at radius 1 is 1.29 bits per heavy atom. The Labute approximate surface area is 123 Å². The number of fused-ring (bicyclic) bond motifs is 1. The summed E-state index contributed by atoms with van der Waals surface area (Å²) in [4.78, 5) is 24.9. The minimum Gasteiger partial charge on any atom is -0.478 e. The van der Waals surface area contributed by atoms with E-state index in [9.17, 15) is 9.59 Å². The highest BCUT2D eigenvalue weighted by Crippen LogP contribution is 2.28. The van der Waals surface area contributed by atoms with Crippen LogP contribution in [0.25, 0.3) is 0 Å². The molecule has 3 rings (SSSR count). The highest BCUT2D eigenvalue weighted by atomic mass is 16.5. The van der Waals surface area contributed by atoms with Crippen molar-refractivity contribution in [3.8, 4) is 0 Å². The van der Waals surface area contributed by atoms with Gasteiger partial charge in [0.2, 0.25) is 5.91 Å². The van der Waals surface area contributed by atoms with E-state index in [2.05, 4.69) is 0 Å². The van der Waals surface area contributed by atoms with Gasteiger partial charge in [0.15, 0.2) is 0 Å². The second-order valence-corrected chi connectivity index (χ2v) is 5.81. The van der Waals surface area contributed by atoms with Crippen molar-refractivity contribution in [2.75, 3.05) is 19.8 Å². The molecule has 2 aliphatic rings. The van der Waals surface area contributed by atoms with E-state index in [1.807, 2.05) is 6.07 Å². The summed E-state index contributed by atoms with van der Waals surface area (Å²) >= 11 is 0. The van der Waals surface area contributed by atoms with Crippen LogP contribution in [0, 0.1) is 5.92 Å². The van der Waals surface area contributed by atoms with Gasteiger partial charge < -0.3 is 14.7 Å². The lowest BCUT2D eigenvalue weighted by molar-refractivity contribution is -0.137. The van der Waals surface area contributed by atoms with Crippen LogP contribution in [0.4, 0.5) is 0 Å². The Kier molecular flexibility index (Phi) is 3.92. The molecule has 0 spiro atoms. The summed E-state index contributed by atoms with van der Waals surface area (Å²) in [6, 6.07) is 5.14. The minimum absolute atomic E-state index is 0.0120. The SMILES string of the molecule is O=C(O)c1ccc2c(c1)CN(C(=O)COCC1CC1)CC2. The second-order valence-electron chi connectivity index (χ2n) is 5.81. The fourth-order valence-electron chi connectivity index (χ4n) is 2.59. The van der Waals surface area contributed by atoms with E-state index in [1.165, 1.54) is 12.8 Å². The topological polar surface area (TPSA) is 66.8 Å². The largest absolute Gasteiger partial charge is 0.478 e. The van der Waals surface area contributed by atoms with Crippen LogP contribution in [-0.2, 0) is 22.5 Å². The number of rotatable bonds is 5. The lowest BCUT2D eigenvalue weighted by Gasteiger charge is -2.29. The zero-order chi connectivity index (χ0) is 14.8. The van der Waals surface area contributed by atoms with Gasteiger partial charge in [-0.1, -0.05) is 6.07 Å². The van der Waals surface area contributed by atoms with Crippen molar-refractivity contribution in [3.63, 3.8) is 0 Å². The first kappa shape index (κ1) is 14.1. The molecule has 0 bridgehead atoms. The van der Waals surface area contributed by atoms with Gasteiger partial charge in [0.25, 0.3) is 0 Å². The van der Waals surface area contributed by atoms with Gasteiger partial charge in [-0.2, -0.15) is 0 Å². The summed E-state index contributed by atoms with van der Waals surface area (Å²) in [6.45, 7) is 1.96. The standard InChI is InChI=1S/C16H19NO4/c18-15(10-21-9-11-1-2-11)17-6-5-12-3-4-13(16(19)20)7-14(12)8-17/h3-4,7,11H,1-2,5-6,8-10H2,(H,19,20). The Morgan fingerprint density at radius 2 is 2.10 bits per heavy atom. The average Bonchev–Trinajstić information content (AvgIpc) is 3.30. The number of amides is 1. The van der Waals surface area contributed by atoms with Crippen molar-refractivity contribution in [2.24, 2.45) is 5.92 Å². The number of carbonyl (C=O) groups is 2. The van der Waals surface area contributed by atoms with Crippen LogP contribution in [-0.4, -0.2) is 41.6 Å². The zero-order valence-corrected chi connectivity index (χ0v) is 11.9. The maximum Gasteiger partial charge on any atom is 0.335 e. The van der Waals surface area contributed by atoms with Gasteiger partial charge in [-0.3, -0.25) is 4.79 Å². The van der Waals surface area contributed by atoms with Crippen molar-refractivity contribution in [3.05, 3.63) is 34.9 Å². The summed E-state index contributed by atoms with van der Waals surface area (Å²) in [6.07, 6.45) is 3.19. The molecule has 5 nitrogen and oxygen atoms in total. The van der Waals surface area contributed by atoms with E-state index >= 15 is 0 Å². The van der Waals surface area contributed by atoms with Crippen molar-refractivity contribution >= 4 is 11.9 Å². The van der Waals surface area contributed by atoms with E-state index < -0.39 is 5.97 Å². The minimum atomic E-state index is -0.936. The van der Waals surface area contributed by atoms with Crippen LogP contribution in [0.1, 0.15) is 34.3 Å². The molecule has 1 amide bonds. The third kappa shape index (κ3) is 3.42. The smallest absolute Gasteiger partial charge is 0.335 e. The summed E-state index contributed by atoms with van der Waals surface area (Å²) < 4.78 is 5.44. The number of hydrogen-bond donors (Lipinski definition) is 1. The molecule has 1 saturated carbocycles. The van der Waals surface area contributed by atoms with Gasteiger partial charge in [0.1, 0.15) is 6.61 Å². The monoisotopic (exact) mass is 289 g/mol. The summed E-state index contributed by atoms with van der Waals surface area (Å²) in [5.74, 6) is -0.297. The van der Waals surface area contributed by atoms with Crippen LogP contribution in [0.5, 0.6) is 0 Å². The molecule has 1 aromatic carbocycles. The number of ether oxygens (including phenoxy) is 1. The first-order valence-electron chi connectivity index (χ1n) is 7.34. The number of aromatic carboxylic acids is 1. The molecule has 1 aromatic rings. The Balaban J connectivity index is 1.60. The molecule has 0 unspecified atom stereocenters. The molecule has 0 saturated heterocycles. The first-order chi connectivity index (χ1) is 10.1. The molecule has 112 valence electrons. The fraction of sp³-hybridized carbons (Fsp3) is 0.500. The average molecular weight is 289 g/mol. The molecular weight excluding hydrogens is 270 g/mol. The highest BCUT2D eigenvalue weighted by Gasteiger charge is 2.24. The maximum atomic E-state index is 12.1. The predicted molar refractivity (Wildman–Crippen MR) is 76.1 cm³/mol. The van der Waals surface area contributed by atoms with Crippen molar-refractivity contribution in [1.82, 2.24) is 4.90 Å². The van der Waals surface area contributed by atoms with Gasteiger partial charge in [-0.05, 0) is 48.4 Å². The summed E-state index contributed by atoms with van der Waals surface area (Å²) in [5, 5.41) is 9.03. The van der Waals surface area contributed by atoms with E-state index in [0.717, 1.165) is 17.5 Å². The van der Waals surface area contributed by atoms with Gasteiger partial charge >= 0.3 is 5.97 Å². The van der Waals surface area contributed by atoms with Gasteiger partial charge in [-0.15, -0.1) is 0 Å². The first-order valence-corrected chi connectivity index (χ1v) is 7.34. The molecule has 1 aliphatic carbocycles. The van der Waals surface area contributed by atoms with E-state index in [-0.39, 0.29) is 18.1 Å². The maximum absolute atomic E-state index is 12.1. The molecule has 21 heavy (non-hydrogen) atoms. The second kappa shape index (κ2) is 5.85. The number of benzene rings is 1.